The number of carbonyl (C=O) groups excluding carboxylic acids is 2. The number of likely N-dealkylation sites (tertiary alicyclic amines) is 1. The lowest BCUT2D eigenvalue weighted by Gasteiger charge is -2.23. The van der Waals surface area contributed by atoms with Crippen molar-refractivity contribution in [2.75, 3.05) is 6.54 Å². The number of rotatable bonds is 2. The molecule has 0 radical (unpaired) electrons. The Morgan fingerprint density at radius 1 is 1.14 bits per heavy atom. The van der Waals surface area contributed by atoms with Crippen LogP contribution in [-0.2, 0) is 9.59 Å². The second-order valence-corrected chi connectivity index (χ2v) is 5.43. The smallest absolute Gasteiger partial charge is 0.233 e. The number of carbonyl (C=O) groups is 2. The first-order valence-electron chi connectivity index (χ1n) is 7.13. The van der Waals surface area contributed by atoms with Crippen molar-refractivity contribution >= 4 is 11.8 Å². The molecular weight excluding hydrogens is 264 g/mol. The maximum absolute atomic E-state index is 12.2. The molecule has 2 amide bonds. The number of benzene rings is 1. The van der Waals surface area contributed by atoms with E-state index >= 15 is 0 Å². The zero-order valence-electron chi connectivity index (χ0n) is 12.6. The molecular formula is C17H20N2O2. The standard InChI is InChI=1S/C17H20N2O2/c1-11-12(2)17(21)19(16(11)20)13(3)15-8-6-14(7-9-15)5-4-10-18/h6-9,11-13H,10,18H2,1-3H3. The molecule has 2 N–H and O–H groups in total. The van der Waals surface area contributed by atoms with E-state index in [9.17, 15) is 9.59 Å². The minimum Gasteiger partial charge on any atom is -0.320 e. The second kappa shape index (κ2) is 6.11. The number of hydrogen-bond donors (Lipinski definition) is 1. The largest absolute Gasteiger partial charge is 0.320 e. The average molecular weight is 284 g/mol. The number of nitrogens with two attached hydrogens (primary N) is 1. The first-order chi connectivity index (χ1) is 9.97. The van der Waals surface area contributed by atoms with Crippen LogP contribution in [0.5, 0.6) is 0 Å². The van der Waals surface area contributed by atoms with Gasteiger partial charge in [0, 0.05) is 17.4 Å². The first-order valence-corrected chi connectivity index (χ1v) is 7.13. The molecule has 1 heterocycles. The first kappa shape index (κ1) is 15.3. The van der Waals surface area contributed by atoms with Gasteiger partial charge in [-0.1, -0.05) is 37.8 Å². The highest BCUT2D eigenvalue weighted by Crippen LogP contribution is 2.32. The molecule has 21 heavy (non-hydrogen) atoms. The third-order valence-electron chi connectivity index (χ3n) is 4.12. The quantitative estimate of drug-likeness (QED) is 0.664. The molecule has 0 aromatic heterocycles. The molecule has 4 nitrogen and oxygen atoms in total. The molecule has 1 aromatic carbocycles. The van der Waals surface area contributed by atoms with Crippen molar-refractivity contribution in [2.24, 2.45) is 17.6 Å². The second-order valence-electron chi connectivity index (χ2n) is 5.43. The van der Waals surface area contributed by atoms with Crippen molar-refractivity contribution in [1.29, 1.82) is 0 Å². The number of nitrogens with zero attached hydrogens (tertiary/aromatic N) is 1. The number of amides is 2. The van der Waals surface area contributed by atoms with E-state index in [-0.39, 0.29) is 29.7 Å². The third kappa shape index (κ3) is 2.84. The molecule has 1 saturated heterocycles. The van der Waals surface area contributed by atoms with Gasteiger partial charge >= 0.3 is 0 Å². The van der Waals surface area contributed by atoms with E-state index in [1.165, 1.54) is 4.90 Å². The molecule has 1 aliphatic heterocycles. The van der Waals surface area contributed by atoms with Gasteiger partial charge in [0.15, 0.2) is 0 Å². The van der Waals surface area contributed by atoms with Crippen molar-refractivity contribution < 1.29 is 9.59 Å². The molecule has 3 unspecified atom stereocenters. The summed E-state index contributed by atoms with van der Waals surface area (Å²) in [6.07, 6.45) is 0. The monoisotopic (exact) mass is 284 g/mol. The van der Waals surface area contributed by atoms with Crippen LogP contribution in [0.1, 0.15) is 37.9 Å². The molecule has 0 spiro atoms. The van der Waals surface area contributed by atoms with E-state index in [1.807, 2.05) is 45.0 Å². The summed E-state index contributed by atoms with van der Waals surface area (Å²) < 4.78 is 0. The fourth-order valence-corrected chi connectivity index (χ4v) is 2.50. The van der Waals surface area contributed by atoms with Crippen molar-refractivity contribution in [3.8, 4) is 11.8 Å². The maximum atomic E-state index is 12.2. The molecule has 0 bridgehead atoms. The van der Waals surface area contributed by atoms with Gasteiger partial charge in [-0.3, -0.25) is 14.5 Å². The van der Waals surface area contributed by atoms with Crippen LogP contribution in [0.25, 0.3) is 0 Å². The highest BCUT2D eigenvalue weighted by atomic mass is 16.2. The summed E-state index contributed by atoms with van der Waals surface area (Å²) in [4.78, 5) is 25.8. The van der Waals surface area contributed by atoms with E-state index in [2.05, 4.69) is 11.8 Å². The zero-order valence-corrected chi connectivity index (χ0v) is 12.6. The highest BCUT2D eigenvalue weighted by molar-refractivity contribution is 6.05. The topological polar surface area (TPSA) is 63.4 Å². The molecule has 110 valence electrons. The van der Waals surface area contributed by atoms with Crippen LogP contribution in [0.2, 0.25) is 0 Å². The third-order valence-corrected chi connectivity index (χ3v) is 4.12. The predicted octanol–water partition coefficient (Wildman–Crippen LogP) is 1.70. The van der Waals surface area contributed by atoms with E-state index in [0.717, 1.165) is 11.1 Å². The van der Waals surface area contributed by atoms with Crippen LogP contribution in [-0.4, -0.2) is 23.3 Å². The minimum absolute atomic E-state index is 0.0907. The Morgan fingerprint density at radius 3 is 2.14 bits per heavy atom. The van der Waals surface area contributed by atoms with E-state index in [4.69, 9.17) is 5.73 Å². The molecule has 1 aliphatic rings. The minimum atomic E-state index is -0.256. The highest BCUT2D eigenvalue weighted by Gasteiger charge is 2.44. The lowest BCUT2D eigenvalue weighted by molar-refractivity contribution is -0.142. The Balaban J connectivity index is 2.22. The van der Waals surface area contributed by atoms with E-state index in [0.29, 0.717) is 6.54 Å². The van der Waals surface area contributed by atoms with Gasteiger partial charge in [-0.05, 0) is 24.6 Å². The summed E-state index contributed by atoms with van der Waals surface area (Å²) in [6, 6.07) is 7.31. The Bertz CT molecular complexity index is 590. The zero-order chi connectivity index (χ0) is 15.6. The molecule has 0 saturated carbocycles. The van der Waals surface area contributed by atoms with Gasteiger partial charge in [-0.25, -0.2) is 0 Å². The summed E-state index contributed by atoms with van der Waals surface area (Å²) in [7, 11) is 0. The summed E-state index contributed by atoms with van der Waals surface area (Å²) in [5.74, 6) is 5.08. The predicted molar refractivity (Wildman–Crippen MR) is 81.0 cm³/mol. The lowest BCUT2D eigenvalue weighted by atomic mass is 10.00. The van der Waals surface area contributed by atoms with Crippen LogP contribution in [0.3, 0.4) is 0 Å². The van der Waals surface area contributed by atoms with Gasteiger partial charge in [0.2, 0.25) is 11.8 Å². The summed E-state index contributed by atoms with van der Waals surface area (Å²) in [6.45, 7) is 5.82. The van der Waals surface area contributed by atoms with Crippen LogP contribution >= 0.6 is 0 Å². The van der Waals surface area contributed by atoms with E-state index < -0.39 is 0 Å². The molecule has 3 atom stereocenters. The van der Waals surface area contributed by atoms with Crippen molar-refractivity contribution in [2.45, 2.75) is 26.8 Å². The normalized spacial score (nSPS) is 23.0. The Morgan fingerprint density at radius 2 is 1.67 bits per heavy atom. The van der Waals surface area contributed by atoms with Gasteiger partial charge in [0.25, 0.3) is 0 Å². The fraction of sp³-hybridized carbons (Fsp3) is 0.412. The Labute approximate surface area is 125 Å². The summed E-state index contributed by atoms with van der Waals surface area (Å²) >= 11 is 0. The average Bonchev–Trinajstić information content (AvgIpc) is 2.69. The molecule has 1 fully saturated rings. The van der Waals surface area contributed by atoms with E-state index in [1.54, 1.807) is 0 Å². The van der Waals surface area contributed by atoms with Gasteiger partial charge in [-0.2, -0.15) is 0 Å². The van der Waals surface area contributed by atoms with Gasteiger partial charge < -0.3 is 5.73 Å². The molecule has 0 aliphatic carbocycles. The summed E-state index contributed by atoms with van der Waals surface area (Å²) in [5, 5.41) is 0. The van der Waals surface area contributed by atoms with Crippen LogP contribution in [0, 0.1) is 23.7 Å². The number of hydrogen-bond acceptors (Lipinski definition) is 3. The molecule has 2 rings (SSSR count). The molecule has 4 heteroatoms. The fourth-order valence-electron chi connectivity index (χ4n) is 2.50. The van der Waals surface area contributed by atoms with Crippen LogP contribution in [0.4, 0.5) is 0 Å². The SMILES string of the molecule is CC1C(=O)N(C(C)c2ccc(C#CCN)cc2)C(=O)C1C. The Hall–Kier alpha value is -2.12. The maximum Gasteiger partial charge on any atom is 0.233 e. The summed E-state index contributed by atoms with van der Waals surface area (Å²) in [5.41, 5.74) is 7.14. The van der Waals surface area contributed by atoms with Crippen molar-refractivity contribution in [3.63, 3.8) is 0 Å². The van der Waals surface area contributed by atoms with Crippen LogP contribution < -0.4 is 5.73 Å². The van der Waals surface area contributed by atoms with Gasteiger partial charge in [0.05, 0.1) is 12.6 Å². The Kier molecular flexibility index (Phi) is 4.44. The van der Waals surface area contributed by atoms with Gasteiger partial charge in [0.1, 0.15) is 0 Å². The van der Waals surface area contributed by atoms with Crippen LogP contribution in [0.15, 0.2) is 24.3 Å². The molecule has 1 aromatic rings. The van der Waals surface area contributed by atoms with Crippen molar-refractivity contribution in [3.05, 3.63) is 35.4 Å². The van der Waals surface area contributed by atoms with Gasteiger partial charge in [-0.15, -0.1) is 0 Å². The lowest BCUT2D eigenvalue weighted by Crippen LogP contribution is -2.33. The number of imide groups is 1. The van der Waals surface area contributed by atoms with Crippen molar-refractivity contribution in [1.82, 2.24) is 4.90 Å².